The summed E-state index contributed by atoms with van der Waals surface area (Å²) >= 11 is 0. The van der Waals surface area contributed by atoms with Gasteiger partial charge in [-0.15, -0.1) is 0 Å². The predicted molar refractivity (Wildman–Crippen MR) is 127 cm³/mol. The molecule has 4 heterocycles. The molecule has 0 radical (unpaired) electrons. The largest absolute Gasteiger partial charge is 0.490 e. The summed E-state index contributed by atoms with van der Waals surface area (Å²) in [5.41, 5.74) is 2.52. The molecule has 2 aromatic carbocycles. The lowest BCUT2D eigenvalue weighted by Gasteiger charge is -2.26. The molecule has 0 fully saturated rings. The van der Waals surface area contributed by atoms with Gasteiger partial charge in [0.25, 0.3) is 0 Å². The summed E-state index contributed by atoms with van der Waals surface area (Å²) in [6, 6.07) is 8.35. The van der Waals surface area contributed by atoms with Crippen LogP contribution >= 0.6 is 0 Å². The predicted octanol–water partition coefficient (Wildman–Crippen LogP) is 3.96. The molecule has 11 heteroatoms. The molecule has 0 saturated carbocycles. The number of H-pyrrole nitrogens is 1. The molecule has 9 nitrogen and oxygen atoms in total. The van der Waals surface area contributed by atoms with Gasteiger partial charge in [-0.3, -0.25) is 9.13 Å². The van der Waals surface area contributed by atoms with Crippen molar-refractivity contribution in [3.63, 3.8) is 0 Å². The van der Waals surface area contributed by atoms with Crippen LogP contribution in [0, 0.1) is 18.2 Å². The number of halogens is 2. The van der Waals surface area contributed by atoms with Crippen molar-refractivity contribution in [1.82, 2.24) is 29.1 Å². The molecule has 0 unspecified atom stereocenters. The first-order valence-electron chi connectivity index (χ1n) is 11.4. The number of rotatable bonds is 5. The van der Waals surface area contributed by atoms with Crippen LogP contribution in [-0.4, -0.2) is 42.2 Å². The number of aromatic nitrogens is 6. The zero-order valence-corrected chi connectivity index (χ0v) is 18.9. The molecule has 3 aromatic heterocycles. The first-order valence-corrected chi connectivity index (χ1v) is 11.4. The Morgan fingerprint density at radius 1 is 1.22 bits per heavy atom. The number of imidazole rings is 2. The van der Waals surface area contributed by atoms with E-state index in [4.69, 9.17) is 16.3 Å². The molecule has 1 aliphatic rings. The van der Waals surface area contributed by atoms with Gasteiger partial charge in [-0.2, -0.15) is 4.98 Å². The second-order valence-electron chi connectivity index (χ2n) is 8.51. The Bertz CT molecular complexity index is 1730. The van der Waals surface area contributed by atoms with E-state index in [0.29, 0.717) is 59.3 Å². The van der Waals surface area contributed by atoms with Crippen molar-refractivity contribution in [3.8, 4) is 11.7 Å². The number of benzene rings is 2. The van der Waals surface area contributed by atoms with Crippen LogP contribution in [0.25, 0.3) is 33.0 Å². The van der Waals surface area contributed by atoms with Gasteiger partial charge in [0.1, 0.15) is 17.7 Å². The van der Waals surface area contributed by atoms with Crippen LogP contribution in [0.4, 0.5) is 8.78 Å². The van der Waals surface area contributed by atoms with E-state index < -0.39 is 23.4 Å². The number of hydrogen-bond donors (Lipinski definition) is 1. The van der Waals surface area contributed by atoms with Gasteiger partial charge in [0.05, 0.1) is 29.4 Å². The molecule has 0 bridgehead atoms. The Hall–Kier alpha value is -4.59. The molecule has 0 aliphatic carbocycles. The highest BCUT2D eigenvalue weighted by atomic mass is 19.1. The highest BCUT2D eigenvalue weighted by Crippen LogP contribution is 2.37. The molecule has 0 saturated heterocycles. The van der Waals surface area contributed by atoms with Crippen molar-refractivity contribution in [3.05, 3.63) is 87.5 Å². The number of nitrogens with zero attached hydrogens (tertiary/aromatic N) is 6. The molecule has 0 amide bonds. The van der Waals surface area contributed by atoms with E-state index in [1.807, 2.05) is 0 Å². The monoisotopic (exact) mass is 487 g/mol. The molecule has 6 rings (SSSR count). The highest BCUT2D eigenvalue weighted by molar-refractivity contribution is 5.78. The Balaban J connectivity index is 1.59. The summed E-state index contributed by atoms with van der Waals surface area (Å²) in [7, 11) is 0. The number of aromatic amines is 1. The maximum Gasteiger partial charge on any atom is 0.328 e. The summed E-state index contributed by atoms with van der Waals surface area (Å²) < 4.78 is 37.1. The normalized spacial score (nSPS) is 15.1. The van der Waals surface area contributed by atoms with Crippen molar-refractivity contribution in [2.45, 2.75) is 25.3 Å². The SMILES string of the molecule is [C-]#[N+]CCCc1nc(-n2cnc3ccc(F)cc32)nc2c1[nH]c(=O)n2[C@@H]1CCOc2c(F)cccc21. The quantitative estimate of drug-likeness (QED) is 0.299. The molecular formula is C25H19F2N7O2. The van der Waals surface area contributed by atoms with Crippen molar-refractivity contribution < 1.29 is 13.5 Å². The fourth-order valence-corrected chi connectivity index (χ4v) is 4.73. The van der Waals surface area contributed by atoms with Crippen LogP contribution in [0.1, 0.15) is 30.1 Å². The van der Waals surface area contributed by atoms with Gasteiger partial charge in [-0.1, -0.05) is 12.1 Å². The fourth-order valence-electron chi connectivity index (χ4n) is 4.73. The third kappa shape index (κ3) is 3.50. The zero-order chi connectivity index (χ0) is 24.8. The van der Waals surface area contributed by atoms with Crippen LogP contribution in [0.3, 0.4) is 0 Å². The summed E-state index contributed by atoms with van der Waals surface area (Å²) in [6.07, 6.45) is 2.90. The van der Waals surface area contributed by atoms with Gasteiger partial charge in [0.2, 0.25) is 12.5 Å². The zero-order valence-electron chi connectivity index (χ0n) is 18.9. The molecule has 0 spiro atoms. The van der Waals surface area contributed by atoms with Gasteiger partial charge in [-0.25, -0.2) is 30.1 Å². The van der Waals surface area contributed by atoms with E-state index in [9.17, 15) is 13.6 Å². The Kier molecular flexibility index (Phi) is 5.21. The minimum Gasteiger partial charge on any atom is -0.490 e. The van der Waals surface area contributed by atoms with Crippen molar-refractivity contribution in [1.29, 1.82) is 0 Å². The lowest BCUT2D eigenvalue weighted by atomic mass is 10.00. The number of fused-ring (bicyclic) bond motifs is 3. The summed E-state index contributed by atoms with van der Waals surface area (Å²) in [4.78, 5) is 33.2. The summed E-state index contributed by atoms with van der Waals surface area (Å²) in [5, 5.41) is 0. The average Bonchev–Trinajstić information content (AvgIpc) is 3.44. The Morgan fingerprint density at radius 3 is 2.97 bits per heavy atom. The van der Waals surface area contributed by atoms with E-state index in [1.54, 1.807) is 22.8 Å². The van der Waals surface area contributed by atoms with Gasteiger partial charge in [-0.05, 0) is 24.6 Å². The standard InChI is InChI=1S/C25H19F2N7O2/c1-28-10-3-6-18-21-23(32-24(30-18)33-13-29-17-8-7-14(26)12-20(17)33)34(25(35)31-21)19-9-11-36-22-15(19)4-2-5-16(22)27/h2,4-5,7-8,12-13,19H,3,6,9-11H2,(H,31,35)/t19-/m1/s1. The minimum atomic E-state index is -0.512. The van der Waals surface area contributed by atoms with E-state index in [1.165, 1.54) is 29.1 Å². The number of aryl methyl sites for hydroxylation is 1. The maximum absolute atomic E-state index is 14.5. The van der Waals surface area contributed by atoms with Gasteiger partial charge >= 0.3 is 5.69 Å². The first kappa shape index (κ1) is 21.9. The number of para-hydroxylation sites is 1. The average molecular weight is 487 g/mol. The lowest BCUT2D eigenvalue weighted by Crippen LogP contribution is -2.28. The molecule has 180 valence electrons. The molecular weight excluding hydrogens is 468 g/mol. The van der Waals surface area contributed by atoms with Crippen LogP contribution < -0.4 is 10.4 Å². The first-order chi connectivity index (χ1) is 17.5. The van der Waals surface area contributed by atoms with E-state index in [0.717, 1.165) is 0 Å². The molecule has 36 heavy (non-hydrogen) atoms. The van der Waals surface area contributed by atoms with E-state index >= 15 is 0 Å². The van der Waals surface area contributed by atoms with E-state index in [2.05, 4.69) is 19.8 Å². The maximum atomic E-state index is 14.5. The van der Waals surface area contributed by atoms with Crippen LogP contribution in [0.15, 0.2) is 47.5 Å². The Labute approximate surface area is 202 Å². The number of hydrogen-bond acceptors (Lipinski definition) is 5. The fraction of sp³-hybridized carbons (Fsp3) is 0.240. The smallest absolute Gasteiger partial charge is 0.328 e. The third-order valence-electron chi connectivity index (χ3n) is 6.35. The lowest BCUT2D eigenvalue weighted by molar-refractivity contribution is 0.244. The van der Waals surface area contributed by atoms with Crippen LogP contribution in [0.2, 0.25) is 0 Å². The number of ether oxygens (including phenoxy) is 1. The van der Waals surface area contributed by atoms with Crippen LogP contribution in [-0.2, 0) is 6.42 Å². The molecule has 1 atom stereocenters. The van der Waals surface area contributed by atoms with E-state index in [-0.39, 0.29) is 18.3 Å². The summed E-state index contributed by atoms with van der Waals surface area (Å²) in [5.74, 6) is -0.584. The van der Waals surface area contributed by atoms with Crippen molar-refractivity contribution >= 4 is 22.2 Å². The Morgan fingerprint density at radius 2 is 2.11 bits per heavy atom. The molecule has 5 aromatic rings. The van der Waals surface area contributed by atoms with Crippen molar-refractivity contribution in [2.75, 3.05) is 13.2 Å². The third-order valence-corrected chi connectivity index (χ3v) is 6.35. The van der Waals surface area contributed by atoms with Gasteiger partial charge in [0.15, 0.2) is 17.2 Å². The highest BCUT2D eigenvalue weighted by Gasteiger charge is 2.29. The topological polar surface area (TPSA) is 95.0 Å². The van der Waals surface area contributed by atoms with Crippen LogP contribution in [0.5, 0.6) is 5.75 Å². The molecule has 1 N–H and O–H groups in total. The summed E-state index contributed by atoms with van der Waals surface area (Å²) in [6.45, 7) is 7.63. The van der Waals surface area contributed by atoms with Crippen molar-refractivity contribution in [2.24, 2.45) is 0 Å². The van der Waals surface area contributed by atoms with Gasteiger partial charge in [0, 0.05) is 24.5 Å². The number of nitrogens with one attached hydrogen (secondary N) is 1. The van der Waals surface area contributed by atoms with Gasteiger partial charge < -0.3 is 14.6 Å². The molecule has 1 aliphatic heterocycles. The minimum absolute atomic E-state index is 0.123. The second-order valence-corrected chi connectivity index (χ2v) is 8.51. The second kappa shape index (κ2) is 8.57.